The van der Waals surface area contributed by atoms with Gasteiger partial charge in [-0.2, -0.15) is 39.5 Å². The number of nitrogens with one attached hydrogen (secondary N) is 1. The Morgan fingerprint density at radius 1 is 1.07 bits per heavy atom. The lowest BCUT2D eigenvalue weighted by atomic mass is 9.86. The zero-order valence-corrected chi connectivity index (χ0v) is 20.5. The molecule has 0 saturated heterocycles. The number of hydrogen-bond donors (Lipinski definition) is 1. The van der Waals surface area contributed by atoms with Crippen LogP contribution >= 0.6 is 11.6 Å². The molecule has 2 heterocycles. The number of rotatable bonds is 7. The average Bonchev–Trinajstić information content (AvgIpc) is 3.28. The Morgan fingerprint density at radius 2 is 1.73 bits per heavy atom. The van der Waals surface area contributed by atoms with Crippen molar-refractivity contribution < 1.29 is 58.3 Å². The maximum atomic E-state index is 14.7. The second-order valence-corrected chi connectivity index (χ2v) is 8.86. The van der Waals surface area contributed by atoms with Crippen LogP contribution in [-0.4, -0.2) is 46.3 Å². The molecule has 3 rings (SSSR count). The van der Waals surface area contributed by atoms with Crippen molar-refractivity contribution in [2.75, 3.05) is 6.54 Å². The standard InChI is InChI=1S/C22H15ClF10N4O3/c1-9-18(15(38)2-3-16(39)35-8-20(25,26)27)34-7-14(36-9)13-6-19(40-37-13,22(31,32)33)11-4-10(21(28,29)30)5-12(23)17(11)24/h4-5,7H,2-3,6,8H2,1H3,(H,35,39)/t19-/m0/s1. The molecular weight excluding hydrogens is 594 g/mol. The van der Waals surface area contributed by atoms with Crippen LogP contribution in [-0.2, 0) is 21.4 Å². The first-order chi connectivity index (χ1) is 18.2. The number of aryl methyl sites for hydroxylation is 1. The van der Waals surface area contributed by atoms with Gasteiger partial charge < -0.3 is 10.2 Å². The Morgan fingerprint density at radius 3 is 2.27 bits per heavy atom. The van der Waals surface area contributed by atoms with Crippen molar-refractivity contribution in [1.29, 1.82) is 0 Å². The molecule has 2 aromatic rings. The normalized spacial score (nSPS) is 17.9. The van der Waals surface area contributed by atoms with Crippen LogP contribution in [0, 0.1) is 12.7 Å². The molecule has 1 aliphatic rings. The van der Waals surface area contributed by atoms with Gasteiger partial charge in [0.2, 0.25) is 5.91 Å². The summed E-state index contributed by atoms with van der Waals surface area (Å²) < 4.78 is 133. The van der Waals surface area contributed by atoms with Gasteiger partial charge in [0.05, 0.1) is 28.9 Å². The van der Waals surface area contributed by atoms with Crippen LogP contribution in [0.5, 0.6) is 0 Å². The minimum atomic E-state index is -5.50. The number of hydrogen-bond acceptors (Lipinski definition) is 6. The van der Waals surface area contributed by atoms with E-state index in [0.29, 0.717) is 0 Å². The highest BCUT2D eigenvalue weighted by atomic mass is 35.5. The quantitative estimate of drug-likeness (QED) is 0.316. The van der Waals surface area contributed by atoms with E-state index in [-0.39, 0.29) is 23.5 Å². The number of Topliss-reactive ketones (excluding diaryl/α,β-unsaturated/α-hetero) is 1. The molecule has 1 amide bonds. The summed E-state index contributed by atoms with van der Waals surface area (Å²) in [4.78, 5) is 36.0. The van der Waals surface area contributed by atoms with Gasteiger partial charge in [0.15, 0.2) is 5.78 Å². The monoisotopic (exact) mass is 608 g/mol. The molecule has 1 aromatic carbocycles. The third-order valence-electron chi connectivity index (χ3n) is 5.55. The Bertz CT molecular complexity index is 1360. The first kappa shape index (κ1) is 31.0. The number of ketones is 1. The van der Waals surface area contributed by atoms with Gasteiger partial charge >= 0.3 is 18.5 Å². The van der Waals surface area contributed by atoms with Crippen LogP contribution in [0.2, 0.25) is 5.02 Å². The first-order valence-electron chi connectivity index (χ1n) is 10.8. The molecule has 18 heteroatoms. The molecule has 0 fully saturated rings. The summed E-state index contributed by atoms with van der Waals surface area (Å²) in [5.74, 6) is -3.71. The molecule has 1 aliphatic heterocycles. The van der Waals surface area contributed by atoms with Crippen molar-refractivity contribution in [2.24, 2.45) is 5.16 Å². The van der Waals surface area contributed by atoms with Crippen LogP contribution in [0.4, 0.5) is 43.9 Å². The van der Waals surface area contributed by atoms with Gasteiger partial charge in [-0.15, -0.1) is 0 Å². The minimum absolute atomic E-state index is 0.0866. The van der Waals surface area contributed by atoms with Crippen molar-refractivity contribution in [3.8, 4) is 0 Å². The predicted octanol–water partition coefficient (Wildman–Crippen LogP) is 5.82. The number of amides is 1. The summed E-state index contributed by atoms with van der Waals surface area (Å²) in [6, 6.07) is 0.0302. The topological polar surface area (TPSA) is 93.5 Å². The molecule has 1 N–H and O–H groups in total. The van der Waals surface area contributed by atoms with Gasteiger partial charge in [-0.3, -0.25) is 9.59 Å². The molecular formula is C22H15ClF10N4O3. The first-order valence-corrected chi connectivity index (χ1v) is 11.2. The molecule has 218 valence electrons. The average molecular weight is 609 g/mol. The van der Waals surface area contributed by atoms with Gasteiger partial charge in [0.1, 0.15) is 29.5 Å². The molecule has 0 bridgehead atoms. The fourth-order valence-corrected chi connectivity index (χ4v) is 3.81. The van der Waals surface area contributed by atoms with Crippen LogP contribution in [0.1, 0.15) is 52.3 Å². The van der Waals surface area contributed by atoms with E-state index < -0.39 is 95.0 Å². The second-order valence-electron chi connectivity index (χ2n) is 8.45. The van der Waals surface area contributed by atoms with Crippen molar-refractivity contribution in [2.45, 2.75) is 50.3 Å². The highest BCUT2D eigenvalue weighted by Crippen LogP contribution is 2.51. The predicted molar refractivity (Wildman–Crippen MR) is 116 cm³/mol. The van der Waals surface area contributed by atoms with Crippen molar-refractivity contribution in [3.05, 3.63) is 57.4 Å². The van der Waals surface area contributed by atoms with E-state index in [4.69, 9.17) is 11.6 Å². The van der Waals surface area contributed by atoms with E-state index >= 15 is 0 Å². The van der Waals surface area contributed by atoms with E-state index in [2.05, 4.69) is 20.0 Å². The maximum absolute atomic E-state index is 14.7. The highest BCUT2D eigenvalue weighted by molar-refractivity contribution is 6.30. The summed E-state index contributed by atoms with van der Waals surface area (Å²) in [7, 11) is 0. The third-order valence-corrected chi connectivity index (χ3v) is 5.82. The number of oxime groups is 1. The summed E-state index contributed by atoms with van der Waals surface area (Å²) in [5.41, 5.74) is -8.50. The SMILES string of the molecule is Cc1nc(C2=NO[C@@](c3cc(C(F)(F)F)cc(Cl)c3F)(C(F)(F)F)C2)cnc1C(=O)CCC(=O)NCC(F)(F)F. The molecule has 0 spiro atoms. The van der Waals surface area contributed by atoms with Crippen molar-refractivity contribution in [1.82, 2.24) is 15.3 Å². The largest absolute Gasteiger partial charge is 0.435 e. The third kappa shape index (κ3) is 6.62. The van der Waals surface area contributed by atoms with Gasteiger partial charge in [-0.25, -0.2) is 14.4 Å². The summed E-state index contributed by atoms with van der Waals surface area (Å²) in [6.07, 6.45) is -17.1. The molecule has 1 atom stereocenters. The summed E-state index contributed by atoms with van der Waals surface area (Å²) in [5, 5.41) is 3.59. The van der Waals surface area contributed by atoms with E-state index in [1.165, 1.54) is 6.92 Å². The molecule has 0 unspecified atom stereocenters. The zero-order chi connectivity index (χ0) is 30.3. The van der Waals surface area contributed by atoms with Crippen LogP contribution in [0.15, 0.2) is 23.5 Å². The minimum Gasteiger partial charge on any atom is -0.374 e. The Balaban J connectivity index is 1.85. The van der Waals surface area contributed by atoms with E-state index in [1.807, 2.05) is 0 Å². The Hall–Kier alpha value is -3.50. The summed E-state index contributed by atoms with van der Waals surface area (Å²) in [6.45, 7) is -0.402. The van der Waals surface area contributed by atoms with E-state index in [0.717, 1.165) is 6.20 Å². The fourth-order valence-electron chi connectivity index (χ4n) is 3.59. The van der Waals surface area contributed by atoms with Gasteiger partial charge in [-0.05, 0) is 19.1 Å². The number of carbonyl (C=O) groups is 2. The molecule has 0 saturated carbocycles. The van der Waals surface area contributed by atoms with E-state index in [1.54, 1.807) is 5.32 Å². The second kappa shape index (κ2) is 10.8. The van der Waals surface area contributed by atoms with Crippen molar-refractivity contribution in [3.63, 3.8) is 0 Å². The summed E-state index contributed by atoms with van der Waals surface area (Å²) >= 11 is 5.45. The fraction of sp³-hybridized carbons (Fsp3) is 0.409. The zero-order valence-electron chi connectivity index (χ0n) is 19.8. The van der Waals surface area contributed by atoms with Crippen LogP contribution in [0.3, 0.4) is 0 Å². The number of halogens is 11. The van der Waals surface area contributed by atoms with E-state index in [9.17, 15) is 53.5 Å². The molecule has 0 radical (unpaired) electrons. The van der Waals surface area contributed by atoms with Crippen LogP contribution in [0.25, 0.3) is 0 Å². The number of benzene rings is 1. The number of carbonyl (C=O) groups excluding carboxylic acids is 2. The lowest BCUT2D eigenvalue weighted by Gasteiger charge is -2.30. The molecule has 1 aromatic heterocycles. The number of aromatic nitrogens is 2. The number of alkyl halides is 9. The van der Waals surface area contributed by atoms with Crippen molar-refractivity contribution >= 4 is 29.0 Å². The number of nitrogens with zero attached hydrogens (tertiary/aromatic N) is 3. The highest BCUT2D eigenvalue weighted by Gasteiger charge is 2.64. The molecule has 7 nitrogen and oxygen atoms in total. The lowest BCUT2D eigenvalue weighted by Crippen LogP contribution is -2.43. The van der Waals surface area contributed by atoms with Gasteiger partial charge in [0.25, 0.3) is 5.60 Å². The lowest BCUT2D eigenvalue weighted by molar-refractivity contribution is -0.276. The van der Waals surface area contributed by atoms with Gasteiger partial charge in [-0.1, -0.05) is 16.8 Å². The van der Waals surface area contributed by atoms with Gasteiger partial charge in [0, 0.05) is 18.4 Å². The Labute approximate surface area is 222 Å². The van der Waals surface area contributed by atoms with Crippen LogP contribution < -0.4 is 5.32 Å². The molecule has 0 aliphatic carbocycles. The maximum Gasteiger partial charge on any atom is 0.435 e. The molecule has 40 heavy (non-hydrogen) atoms. The Kier molecular flexibility index (Phi) is 8.39. The smallest absolute Gasteiger partial charge is 0.374 e.